The molecule has 0 aromatic rings. The maximum atomic E-state index is 11.5. The Hall–Kier alpha value is -0.940. The fourth-order valence-corrected chi connectivity index (χ4v) is 2.93. The second-order valence-corrected chi connectivity index (χ2v) is 5.77. The molecule has 18 heavy (non-hydrogen) atoms. The van der Waals surface area contributed by atoms with E-state index in [0.29, 0.717) is 0 Å². The first-order chi connectivity index (χ1) is 8.54. The van der Waals surface area contributed by atoms with E-state index >= 15 is 0 Å². The first-order valence-electron chi connectivity index (χ1n) is 6.48. The van der Waals surface area contributed by atoms with Gasteiger partial charge in [0.05, 0.1) is 12.0 Å². The van der Waals surface area contributed by atoms with Gasteiger partial charge in [-0.05, 0) is 32.9 Å². The maximum Gasteiger partial charge on any atom is 0.237 e. The summed E-state index contributed by atoms with van der Waals surface area (Å²) in [6.45, 7) is 6.20. The van der Waals surface area contributed by atoms with Crippen LogP contribution >= 0.6 is 12.2 Å². The van der Waals surface area contributed by atoms with Crippen molar-refractivity contribution in [2.45, 2.75) is 32.7 Å². The van der Waals surface area contributed by atoms with Crippen LogP contribution in [-0.4, -0.2) is 39.9 Å². The van der Waals surface area contributed by atoms with Gasteiger partial charge in [-0.2, -0.15) is 0 Å². The number of β-lactam (4-membered cyclic amide) rings is 1. The smallest absolute Gasteiger partial charge is 0.237 e. The molecule has 0 aliphatic carbocycles. The average molecular weight is 268 g/mol. The Morgan fingerprint density at radius 3 is 2.56 bits per heavy atom. The Balaban J connectivity index is 0.000000202. The molecule has 2 N–H and O–H groups in total. The molecule has 1 amide bonds. The predicted molar refractivity (Wildman–Crippen MR) is 74.4 cm³/mol. The second kappa shape index (κ2) is 5.36. The van der Waals surface area contributed by atoms with Gasteiger partial charge in [0.2, 0.25) is 5.91 Å². The van der Waals surface area contributed by atoms with Gasteiger partial charge in [-0.3, -0.25) is 4.79 Å². The lowest BCUT2D eigenvalue weighted by Crippen LogP contribution is -2.60. The Labute approximate surface area is 113 Å². The zero-order valence-electron chi connectivity index (χ0n) is 10.8. The molecule has 0 radical (unpaired) electrons. The number of thiocarbonyl (C=S) groups is 1. The fourth-order valence-electron chi connectivity index (χ4n) is 2.69. The molecular weight excluding hydrogens is 248 g/mol. The second-order valence-electron chi connectivity index (χ2n) is 5.12. The van der Waals surface area contributed by atoms with E-state index < -0.39 is 0 Å². The number of nitrogens with one attached hydrogen (secondary N) is 1. The van der Waals surface area contributed by atoms with Crippen LogP contribution in [0.25, 0.3) is 0 Å². The summed E-state index contributed by atoms with van der Waals surface area (Å²) in [5, 5.41) is 12.6. The minimum atomic E-state index is -0.161. The van der Waals surface area contributed by atoms with Crippen molar-refractivity contribution in [1.82, 2.24) is 10.2 Å². The highest BCUT2D eigenvalue weighted by Gasteiger charge is 2.54. The molecule has 3 aliphatic heterocycles. The van der Waals surface area contributed by atoms with Gasteiger partial charge in [-0.1, -0.05) is 19.1 Å². The summed E-state index contributed by atoms with van der Waals surface area (Å²) in [7, 11) is 0. The number of amides is 1. The molecule has 0 bridgehead atoms. The third kappa shape index (κ3) is 2.29. The average Bonchev–Trinajstić information content (AvgIpc) is 2.94. The molecule has 0 saturated carbocycles. The molecule has 4 nitrogen and oxygen atoms in total. The minimum Gasteiger partial charge on any atom is -0.510 e. The van der Waals surface area contributed by atoms with E-state index in [4.69, 9.17) is 12.2 Å². The van der Waals surface area contributed by atoms with Crippen LogP contribution in [0.1, 0.15) is 26.7 Å². The van der Waals surface area contributed by atoms with Gasteiger partial charge in [0.1, 0.15) is 5.76 Å². The first kappa shape index (κ1) is 13.5. The van der Waals surface area contributed by atoms with Crippen molar-refractivity contribution < 1.29 is 9.90 Å². The van der Waals surface area contributed by atoms with E-state index in [9.17, 15) is 9.90 Å². The molecular formula is C13H20N2O2S. The Kier molecular flexibility index (Phi) is 4.02. The molecule has 3 rings (SSSR count). The van der Waals surface area contributed by atoms with E-state index in [1.54, 1.807) is 11.8 Å². The van der Waals surface area contributed by atoms with E-state index in [1.807, 2.05) is 6.92 Å². The molecule has 100 valence electrons. The van der Waals surface area contributed by atoms with Crippen molar-refractivity contribution in [3.8, 4) is 0 Å². The summed E-state index contributed by atoms with van der Waals surface area (Å²) in [6.07, 6.45) is 4.30. The lowest BCUT2D eigenvalue weighted by atomic mass is 9.80. The lowest BCUT2D eigenvalue weighted by molar-refractivity contribution is -0.146. The molecule has 3 atom stereocenters. The highest BCUT2D eigenvalue weighted by atomic mass is 32.1. The topological polar surface area (TPSA) is 52.6 Å². The fraction of sp³-hybridized carbons (Fsp3) is 0.692. The maximum absolute atomic E-state index is 11.5. The Morgan fingerprint density at radius 1 is 1.50 bits per heavy atom. The number of carbonyl (C=O) groups excluding carboxylic acids is 1. The van der Waals surface area contributed by atoms with Crippen molar-refractivity contribution in [3.05, 3.63) is 12.0 Å². The SMILES string of the molecule is C1CCNC1.CC(=S)C1C(=O)N2C=C(O)C(C)C12. The summed E-state index contributed by atoms with van der Waals surface area (Å²) >= 11 is 5.01. The van der Waals surface area contributed by atoms with Crippen molar-refractivity contribution in [2.75, 3.05) is 13.1 Å². The van der Waals surface area contributed by atoms with E-state index in [2.05, 4.69) is 5.32 Å². The number of aliphatic hydroxyl groups is 1. The van der Waals surface area contributed by atoms with Crippen LogP contribution in [0.3, 0.4) is 0 Å². The van der Waals surface area contributed by atoms with E-state index in [-0.39, 0.29) is 29.5 Å². The van der Waals surface area contributed by atoms with Crippen LogP contribution in [0.2, 0.25) is 0 Å². The van der Waals surface area contributed by atoms with E-state index in [0.717, 1.165) is 4.86 Å². The van der Waals surface area contributed by atoms with Crippen LogP contribution < -0.4 is 5.32 Å². The number of nitrogens with zero attached hydrogens (tertiary/aromatic N) is 1. The third-order valence-electron chi connectivity index (χ3n) is 3.83. The van der Waals surface area contributed by atoms with Gasteiger partial charge in [0.15, 0.2) is 0 Å². The summed E-state index contributed by atoms with van der Waals surface area (Å²) in [5.74, 6) is 0.178. The molecule has 5 heteroatoms. The largest absolute Gasteiger partial charge is 0.510 e. The molecule has 3 unspecified atom stereocenters. The standard InChI is InChI=1S/C9H11NO2S.C4H9N/c1-4-6(11)3-10-8(4)7(5(2)13)9(10)12;1-2-4-5-3-1/h3-4,7-8,11H,1-2H3;5H,1-4H2. The third-order valence-corrected chi connectivity index (χ3v) is 4.08. The molecule has 0 spiro atoms. The number of hydrogen-bond donors (Lipinski definition) is 2. The summed E-state index contributed by atoms with van der Waals surface area (Å²) in [4.78, 5) is 13.8. The van der Waals surface area contributed by atoms with Crippen molar-refractivity contribution in [2.24, 2.45) is 11.8 Å². The van der Waals surface area contributed by atoms with Crippen LogP contribution in [0, 0.1) is 11.8 Å². The zero-order valence-corrected chi connectivity index (χ0v) is 11.7. The van der Waals surface area contributed by atoms with Crippen molar-refractivity contribution in [1.29, 1.82) is 0 Å². The lowest BCUT2D eigenvalue weighted by Gasteiger charge is -2.43. The van der Waals surface area contributed by atoms with Gasteiger partial charge in [-0.25, -0.2) is 0 Å². The number of fused-ring (bicyclic) bond motifs is 1. The zero-order chi connectivity index (χ0) is 13.3. The number of hydrogen-bond acceptors (Lipinski definition) is 4. The number of rotatable bonds is 1. The predicted octanol–water partition coefficient (Wildman–Crippen LogP) is 1.62. The van der Waals surface area contributed by atoms with Crippen LogP contribution in [0.5, 0.6) is 0 Å². The first-order valence-corrected chi connectivity index (χ1v) is 6.89. The Morgan fingerprint density at radius 2 is 2.11 bits per heavy atom. The molecule has 2 saturated heterocycles. The summed E-state index contributed by atoms with van der Waals surface area (Å²) in [5.41, 5.74) is 0. The molecule has 3 aliphatic rings. The van der Waals surface area contributed by atoms with Gasteiger partial charge >= 0.3 is 0 Å². The van der Waals surface area contributed by atoms with Gasteiger partial charge in [0.25, 0.3) is 0 Å². The van der Waals surface area contributed by atoms with Gasteiger partial charge < -0.3 is 15.3 Å². The normalized spacial score (nSPS) is 33.2. The quantitative estimate of drug-likeness (QED) is 0.560. The molecule has 0 aromatic carbocycles. The highest BCUT2D eigenvalue weighted by molar-refractivity contribution is 7.80. The number of carbonyl (C=O) groups is 1. The van der Waals surface area contributed by atoms with Crippen LogP contribution in [0.4, 0.5) is 0 Å². The van der Waals surface area contributed by atoms with Crippen molar-refractivity contribution in [3.63, 3.8) is 0 Å². The summed E-state index contributed by atoms with van der Waals surface area (Å²) < 4.78 is 0. The highest BCUT2D eigenvalue weighted by Crippen LogP contribution is 2.41. The van der Waals surface area contributed by atoms with Gasteiger partial charge in [-0.15, -0.1) is 0 Å². The molecule has 3 heterocycles. The Bertz CT molecular complexity index is 383. The number of aliphatic hydroxyl groups excluding tert-OH is 1. The summed E-state index contributed by atoms with van der Waals surface area (Å²) in [6, 6.07) is 0.0741. The minimum absolute atomic E-state index is 0.0217. The van der Waals surface area contributed by atoms with Gasteiger partial charge in [0, 0.05) is 17.0 Å². The molecule has 0 aromatic heterocycles. The van der Waals surface area contributed by atoms with E-state index in [1.165, 1.54) is 32.1 Å². The van der Waals surface area contributed by atoms with Crippen LogP contribution in [0.15, 0.2) is 12.0 Å². The van der Waals surface area contributed by atoms with Crippen molar-refractivity contribution >= 4 is 23.0 Å². The van der Waals surface area contributed by atoms with Crippen LogP contribution in [-0.2, 0) is 4.79 Å². The molecule has 2 fully saturated rings. The monoisotopic (exact) mass is 268 g/mol.